The molecule has 1 aromatic heterocycles. The van der Waals surface area contributed by atoms with Crippen LogP contribution in [0.4, 0.5) is 4.39 Å². The number of hydrogen-bond donors (Lipinski definition) is 0. The van der Waals surface area contributed by atoms with Crippen molar-refractivity contribution in [3.8, 4) is 23.4 Å². The third kappa shape index (κ3) is 4.73. The molecular weight excluding hydrogens is 413 g/mol. The Labute approximate surface area is 172 Å². The topological polar surface area (TPSA) is 90.9 Å². The van der Waals surface area contributed by atoms with Crippen LogP contribution in [-0.2, 0) is 14.8 Å². The molecule has 1 fully saturated rings. The van der Waals surface area contributed by atoms with E-state index in [1.165, 1.54) is 65.1 Å². The van der Waals surface area contributed by atoms with Crippen molar-refractivity contribution < 1.29 is 27.0 Å². The van der Waals surface area contributed by atoms with Crippen LogP contribution in [0.2, 0.25) is 0 Å². The molecule has 0 unspecified atom stereocenters. The lowest BCUT2D eigenvalue weighted by atomic mass is 10.3. The molecule has 0 bridgehead atoms. The van der Waals surface area contributed by atoms with E-state index in [0.717, 1.165) is 0 Å². The maximum absolute atomic E-state index is 13.0. The van der Waals surface area contributed by atoms with E-state index in [1.807, 2.05) is 0 Å². The zero-order valence-corrected chi connectivity index (χ0v) is 16.6. The van der Waals surface area contributed by atoms with Gasteiger partial charge in [0.2, 0.25) is 15.9 Å². The summed E-state index contributed by atoms with van der Waals surface area (Å²) in [4.78, 5) is 8.33. The second-order valence-electron chi connectivity index (χ2n) is 6.32. The van der Waals surface area contributed by atoms with Crippen LogP contribution in [0.3, 0.4) is 0 Å². The molecule has 4 rings (SSSR count). The zero-order chi connectivity index (χ0) is 21.0. The van der Waals surface area contributed by atoms with Crippen LogP contribution in [0.1, 0.15) is 0 Å². The number of hydrogen-bond acceptors (Lipinski definition) is 7. The summed E-state index contributed by atoms with van der Waals surface area (Å²) in [6.07, 6.45) is 1.46. The van der Waals surface area contributed by atoms with E-state index in [0.29, 0.717) is 37.8 Å². The number of ether oxygens (including phenoxy) is 3. The predicted molar refractivity (Wildman–Crippen MR) is 105 cm³/mol. The van der Waals surface area contributed by atoms with Crippen LogP contribution in [0.5, 0.6) is 23.4 Å². The molecule has 1 aliphatic rings. The molecule has 0 atom stereocenters. The number of sulfonamides is 1. The van der Waals surface area contributed by atoms with E-state index in [-0.39, 0.29) is 22.6 Å². The van der Waals surface area contributed by atoms with Crippen LogP contribution in [0.25, 0.3) is 0 Å². The summed E-state index contributed by atoms with van der Waals surface area (Å²) < 4.78 is 56.1. The van der Waals surface area contributed by atoms with E-state index in [9.17, 15) is 12.8 Å². The van der Waals surface area contributed by atoms with Crippen molar-refractivity contribution in [3.63, 3.8) is 0 Å². The monoisotopic (exact) mass is 431 g/mol. The Hall–Kier alpha value is -3.08. The highest BCUT2D eigenvalue weighted by molar-refractivity contribution is 7.89. The molecule has 30 heavy (non-hydrogen) atoms. The number of rotatable bonds is 6. The first-order valence-corrected chi connectivity index (χ1v) is 10.6. The lowest BCUT2D eigenvalue weighted by Crippen LogP contribution is -2.40. The van der Waals surface area contributed by atoms with Gasteiger partial charge in [-0.05, 0) is 48.5 Å². The molecule has 156 valence electrons. The van der Waals surface area contributed by atoms with Gasteiger partial charge in [0.1, 0.15) is 17.3 Å². The fraction of sp³-hybridized carbons (Fsp3) is 0.200. The number of benzene rings is 2. The first-order valence-electron chi connectivity index (χ1n) is 9.13. The lowest BCUT2D eigenvalue weighted by molar-refractivity contribution is 0.0730. The third-order valence-electron chi connectivity index (χ3n) is 4.28. The summed E-state index contributed by atoms with van der Waals surface area (Å²) in [6, 6.07) is 13.1. The molecule has 0 saturated carbocycles. The largest absolute Gasteiger partial charge is 0.439 e. The molecule has 0 N–H and O–H groups in total. The highest BCUT2D eigenvalue weighted by Crippen LogP contribution is 2.25. The van der Waals surface area contributed by atoms with Crippen molar-refractivity contribution in [1.29, 1.82) is 0 Å². The van der Waals surface area contributed by atoms with Gasteiger partial charge in [0, 0.05) is 25.4 Å². The van der Waals surface area contributed by atoms with Crippen molar-refractivity contribution in [2.45, 2.75) is 4.90 Å². The molecular formula is C20H18FN3O5S. The van der Waals surface area contributed by atoms with Gasteiger partial charge < -0.3 is 14.2 Å². The molecule has 1 saturated heterocycles. The molecule has 3 aromatic rings. The number of aromatic nitrogens is 2. The molecule has 0 spiro atoms. The van der Waals surface area contributed by atoms with Gasteiger partial charge in [0.25, 0.3) is 0 Å². The molecule has 0 radical (unpaired) electrons. The fourth-order valence-corrected chi connectivity index (χ4v) is 4.18. The summed E-state index contributed by atoms with van der Waals surface area (Å²) in [5, 5.41) is 0. The van der Waals surface area contributed by atoms with Gasteiger partial charge in [-0.3, -0.25) is 0 Å². The maximum Gasteiger partial charge on any atom is 0.325 e. The predicted octanol–water partition coefficient (Wildman–Crippen LogP) is 3.22. The summed E-state index contributed by atoms with van der Waals surface area (Å²) in [7, 11) is -3.58. The Balaban J connectivity index is 1.45. The number of morpholine rings is 1. The Bertz CT molecular complexity index is 1100. The van der Waals surface area contributed by atoms with Gasteiger partial charge in [-0.2, -0.15) is 9.29 Å². The Morgan fingerprint density at radius 1 is 0.900 bits per heavy atom. The summed E-state index contributed by atoms with van der Waals surface area (Å²) in [6.45, 7) is 1.42. The second-order valence-corrected chi connectivity index (χ2v) is 8.26. The zero-order valence-electron chi connectivity index (χ0n) is 15.8. The van der Waals surface area contributed by atoms with Gasteiger partial charge in [0.15, 0.2) is 0 Å². The first kappa shape index (κ1) is 20.2. The fourth-order valence-electron chi connectivity index (χ4n) is 2.78. The van der Waals surface area contributed by atoms with E-state index in [2.05, 4.69) is 9.97 Å². The number of halogens is 1. The summed E-state index contributed by atoms with van der Waals surface area (Å²) in [5.74, 6) is 0.639. The second kappa shape index (κ2) is 8.74. The van der Waals surface area contributed by atoms with Crippen LogP contribution in [-0.4, -0.2) is 49.0 Å². The quantitative estimate of drug-likeness (QED) is 0.592. The third-order valence-corrected chi connectivity index (χ3v) is 6.20. The summed E-state index contributed by atoms with van der Waals surface area (Å²) >= 11 is 0. The SMILES string of the molecule is O=S(=O)(c1ccc(Oc2nccc(Oc3ccc(F)cc3)n2)cc1)N1CCOCC1. The molecule has 2 aromatic carbocycles. The van der Waals surface area contributed by atoms with Crippen LogP contribution < -0.4 is 9.47 Å². The van der Waals surface area contributed by atoms with Gasteiger partial charge in [0.05, 0.1) is 18.1 Å². The Morgan fingerprint density at radius 3 is 2.23 bits per heavy atom. The normalized spacial score (nSPS) is 15.0. The minimum absolute atomic E-state index is 0.0263. The Kier molecular flexibility index (Phi) is 5.88. The Morgan fingerprint density at radius 2 is 1.53 bits per heavy atom. The van der Waals surface area contributed by atoms with Gasteiger partial charge >= 0.3 is 6.01 Å². The van der Waals surface area contributed by atoms with Crippen molar-refractivity contribution >= 4 is 10.0 Å². The van der Waals surface area contributed by atoms with E-state index >= 15 is 0 Å². The smallest absolute Gasteiger partial charge is 0.325 e. The molecule has 8 nitrogen and oxygen atoms in total. The molecule has 10 heteroatoms. The van der Waals surface area contributed by atoms with E-state index in [4.69, 9.17) is 14.2 Å². The molecule has 1 aliphatic heterocycles. The first-order chi connectivity index (χ1) is 14.5. The van der Waals surface area contributed by atoms with Crippen molar-refractivity contribution in [3.05, 3.63) is 66.6 Å². The average Bonchev–Trinajstić information content (AvgIpc) is 2.77. The van der Waals surface area contributed by atoms with Crippen molar-refractivity contribution in [2.24, 2.45) is 0 Å². The van der Waals surface area contributed by atoms with E-state index in [1.54, 1.807) is 0 Å². The highest BCUT2D eigenvalue weighted by Gasteiger charge is 2.26. The van der Waals surface area contributed by atoms with Gasteiger partial charge in [-0.15, -0.1) is 0 Å². The molecule has 0 aliphatic carbocycles. The maximum atomic E-state index is 13.0. The standard InChI is InChI=1S/C20H18FN3O5S/c21-15-1-3-16(4-2-15)28-19-9-10-22-20(23-19)29-17-5-7-18(8-6-17)30(25,26)24-11-13-27-14-12-24/h1-10H,11-14H2. The minimum atomic E-state index is -3.58. The average molecular weight is 431 g/mol. The van der Waals surface area contributed by atoms with Crippen molar-refractivity contribution in [1.82, 2.24) is 14.3 Å². The molecule has 0 amide bonds. The summed E-state index contributed by atoms with van der Waals surface area (Å²) in [5.41, 5.74) is 0. The molecule has 2 heterocycles. The van der Waals surface area contributed by atoms with Crippen molar-refractivity contribution in [2.75, 3.05) is 26.3 Å². The highest BCUT2D eigenvalue weighted by atomic mass is 32.2. The lowest BCUT2D eigenvalue weighted by Gasteiger charge is -2.26. The van der Waals surface area contributed by atoms with E-state index < -0.39 is 10.0 Å². The van der Waals surface area contributed by atoms with Gasteiger partial charge in [-0.25, -0.2) is 17.8 Å². The van der Waals surface area contributed by atoms with Crippen LogP contribution in [0, 0.1) is 5.82 Å². The van der Waals surface area contributed by atoms with Crippen LogP contribution >= 0.6 is 0 Å². The number of nitrogens with zero attached hydrogens (tertiary/aromatic N) is 3. The van der Waals surface area contributed by atoms with Gasteiger partial charge in [-0.1, -0.05) is 0 Å². The van der Waals surface area contributed by atoms with Crippen LogP contribution in [0.15, 0.2) is 65.7 Å². The minimum Gasteiger partial charge on any atom is -0.439 e.